The molecule has 3 heteroatoms. The summed E-state index contributed by atoms with van der Waals surface area (Å²) in [6.45, 7) is 4.93. The van der Waals surface area contributed by atoms with Crippen LogP contribution in [0.4, 0.5) is 4.39 Å². The molecule has 2 nitrogen and oxygen atoms in total. The second-order valence-corrected chi connectivity index (χ2v) is 5.99. The molecule has 1 aromatic heterocycles. The molecule has 24 heavy (non-hydrogen) atoms. The van der Waals surface area contributed by atoms with Crippen LogP contribution >= 0.6 is 0 Å². The third-order valence-corrected chi connectivity index (χ3v) is 4.29. The Morgan fingerprint density at radius 1 is 0.958 bits per heavy atom. The van der Waals surface area contributed by atoms with Crippen molar-refractivity contribution in [2.45, 2.75) is 26.4 Å². The van der Waals surface area contributed by atoms with Gasteiger partial charge in [-0.3, -0.25) is 4.98 Å². The lowest BCUT2D eigenvalue weighted by Gasteiger charge is -2.20. The molecule has 0 aliphatic heterocycles. The smallest absolute Gasteiger partial charge is 0.123 e. The number of aromatic nitrogens is 1. The summed E-state index contributed by atoms with van der Waals surface area (Å²) in [5.74, 6) is -0.234. The summed E-state index contributed by atoms with van der Waals surface area (Å²) >= 11 is 0. The molecular weight excluding hydrogens is 299 g/mol. The number of halogens is 1. The second kappa shape index (κ2) is 7.37. The number of pyridine rings is 1. The van der Waals surface area contributed by atoms with Crippen molar-refractivity contribution in [1.29, 1.82) is 0 Å². The highest BCUT2D eigenvalue weighted by Gasteiger charge is 2.16. The maximum absolute atomic E-state index is 13.7. The van der Waals surface area contributed by atoms with Gasteiger partial charge < -0.3 is 5.32 Å². The topological polar surface area (TPSA) is 24.9 Å². The summed E-state index contributed by atoms with van der Waals surface area (Å²) in [6.07, 6.45) is 1.77. The lowest BCUT2D eigenvalue weighted by Crippen LogP contribution is -2.24. The first-order valence-electron chi connectivity index (χ1n) is 8.10. The molecule has 0 saturated carbocycles. The van der Waals surface area contributed by atoms with Gasteiger partial charge in [-0.1, -0.05) is 36.4 Å². The van der Waals surface area contributed by atoms with E-state index in [9.17, 15) is 4.39 Å². The Morgan fingerprint density at radius 2 is 1.71 bits per heavy atom. The molecule has 0 amide bonds. The molecule has 1 atom stereocenters. The van der Waals surface area contributed by atoms with Gasteiger partial charge in [-0.05, 0) is 60.4 Å². The van der Waals surface area contributed by atoms with Crippen molar-refractivity contribution in [3.05, 3.63) is 101 Å². The molecule has 0 aliphatic rings. The number of benzene rings is 2. The van der Waals surface area contributed by atoms with Crippen molar-refractivity contribution in [2.75, 3.05) is 0 Å². The van der Waals surface area contributed by atoms with E-state index in [1.807, 2.05) is 24.3 Å². The molecule has 0 saturated heterocycles. The number of nitrogens with zero attached hydrogens (tertiary/aromatic N) is 1. The summed E-state index contributed by atoms with van der Waals surface area (Å²) in [5, 5.41) is 3.55. The molecule has 0 spiro atoms. The van der Waals surface area contributed by atoms with Crippen LogP contribution in [0.5, 0.6) is 0 Å². The van der Waals surface area contributed by atoms with Crippen LogP contribution in [0.15, 0.2) is 66.9 Å². The summed E-state index contributed by atoms with van der Waals surface area (Å²) in [4.78, 5) is 4.46. The standard InChI is InChI=1S/C21H21FN2/c1-15-7-5-8-16(2)19(15)14-24-21(20-11-3-4-12-23-20)17-9-6-10-18(22)13-17/h3-13,21,24H,14H2,1-2H3/t21-/m0/s1. The first-order chi connectivity index (χ1) is 11.6. The van der Waals surface area contributed by atoms with Gasteiger partial charge in [0.2, 0.25) is 0 Å². The highest BCUT2D eigenvalue weighted by molar-refractivity contribution is 5.34. The van der Waals surface area contributed by atoms with Crippen molar-refractivity contribution in [1.82, 2.24) is 10.3 Å². The highest BCUT2D eigenvalue weighted by atomic mass is 19.1. The minimum absolute atomic E-state index is 0.152. The van der Waals surface area contributed by atoms with E-state index in [0.717, 1.165) is 11.3 Å². The van der Waals surface area contributed by atoms with Crippen LogP contribution in [-0.2, 0) is 6.54 Å². The average Bonchev–Trinajstić information content (AvgIpc) is 2.58. The van der Waals surface area contributed by atoms with E-state index in [-0.39, 0.29) is 11.9 Å². The van der Waals surface area contributed by atoms with E-state index in [4.69, 9.17) is 0 Å². The van der Waals surface area contributed by atoms with Crippen molar-refractivity contribution < 1.29 is 4.39 Å². The van der Waals surface area contributed by atoms with Crippen molar-refractivity contribution in [2.24, 2.45) is 0 Å². The Hall–Kier alpha value is -2.52. The third-order valence-electron chi connectivity index (χ3n) is 4.29. The predicted molar refractivity (Wildman–Crippen MR) is 95.2 cm³/mol. The first-order valence-corrected chi connectivity index (χ1v) is 8.10. The Bertz CT molecular complexity index is 795. The Kier molecular flexibility index (Phi) is 5.02. The minimum Gasteiger partial charge on any atom is -0.301 e. The van der Waals surface area contributed by atoms with Gasteiger partial charge in [0.05, 0.1) is 11.7 Å². The molecule has 0 radical (unpaired) electrons. The zero-order valence-corrected chi connectivity index (χ0v) is 14.0. The van der Waals surface area contributed by atoms with Crippen molar-refractivity contribution >= 4 is 0 Å². The quantitative estimate of drug-likeness (QED) is 0.736. The van der Waals surface area contributed by atoms with Gasteiger partial charge in [-0.15, -0.1) is 0 Å². The van der Waals surface area contributed by atoms with E-state index in [1.165, 1.54) is 22.8 Å². The fourth-order valence-electron chi connectivity index (χ4n) is 2.96. The molecular formula is C21H21FN2. The van der Waals surface area contributed by atoms with Gasteiger partial charge >= 0.3 is 0 Å². The maximum Gasteiger partial charge on any atom is 0.123 e. The Balaban J connectivity index is 1.91. The molecule has 3 aromatic rings. The van der Waals surface area contributed by atoms with Crippen molar-refractivity contribution in [3.8, 4) is 0 Å². The van der Waals surface area contributed by atoms with Crippen molar-refractivity contribution in [3.63, 3.8) is 0 Å². The average molecular weight is 320 g/mol. The SMILES string of the molecule is Cc1cccc(C)c1CN[C@@H](c1cccc(F)c1)c1ccccn1. The van der Waals surface area contributed by atoms with Crippen LogP contribution < -0.4 is 5.32 Å². The molecule has 0 fully saturated rings. The summed E-state index contributed by atoms with van der Waals surface area (Å²) in [6, 6.07) is 18.6. The van der Waals surface area contributed by atoms with Crippen LogP contribution in [0.1, 0.15) is 34.0 Å². The van der Waals surface area contributed by atoms with E-state index in [1.54, 1.807) is 18.3 Å². The molecule has 0 unspecified atom stereocenters. The third kappa shape index (κ3) is 3.69. The largest absolute Gasteiger partial charge is 0.301 e. The molecule has 0 aliphatic carbocycles. The van der Waals surface area contributed by atoms with E-state index in [2.05, 4.69) is 42.3 Å². The molecule has 3 rings (SSSR count). The fraction of sp³-hybridized carbons (Fsp3) is 0.190. The molecule has 122 valence electrons. The van der Waals surface area contributed by atoms with Gasteiger partial charge in [-0.2, -0.15) is 0 Å². The molecule has 1 heterocycles. The van der Waals surface area contributed by atoms with E-state index < -0.39 is 0 Å². The lowest BCUT2D eigenvalue weighted by molar-refractivity contribution is 0.577. The Morgan fingerprint density at radius 3 is 2.38 bits per heavy atom. The van der Waals surface area contributed by atoms with Gasteiger partial charge in [0.15, 0.2) is 0 Å². The summed E-state index contributed by atoms with van der Waals surface area (Å²) in [7, 11) is 0. The van der Waals surface area contributed by atoms with Gasteiger partial charge in [0, 0.05) is 12.7 Å². The zero-order valence-electron chi connectivity index (χ0n) is 14.0. The van der Waals surface area contributed by atoms with Crippen LogP contribution in [0, 0.1) is 19.7 Å². The summed E-state index contributed by atoms with van der Waals surface area (Å²) < 4.78 is 13.7. The first kappa shape index (κ1) is 16.3. The Labute approximate surface area is 142 Å². The number of aryl methyl sites for hydroxylation is 2. The lowest BCUT2D eigenvalue weighted by atomic mass is 10.00. The molecule has 0 bridgehead atoms. The van der Waals surface area contributed by atoms with E-state index >= 15 is 0 Å². The maximum atomic E-state index is 13.7. The summed E-state index contributed by atoms with van der Waals surface area (Å²) in [5.41, 5.74) is 5.53. The van der Waals surface area contributed by atoms with Crippen LogP contribution in [0.25, 0.3) is 0 Å². The van der Waals surface area contributed by atoms with Gasteiger partial charge in [0.25, 0.3) is 0 Å². The predicted octanol–water partition coefficient (Wildman–Crippen LogP) is 4.72. The fourth-order valence-corrected chi connectivity index (χ4v) is 2.96. The van der Waals surface area contributed by atoms with Gasteiger partial charge in [0.1, 0.15) is 5.82 Å². The molecule has 2 aromatic carbocycles. The number of nitrogens with one attached hydrogen (secondary N) is 1. The van der Waals surface area contributed by atoms with Crippen LogP contribution in [-0.4, -0.2) is 4.98 Å². The van der Waals surface area contributed by atoms with Crippen LogP contribution in [0.3, 0.4) is 0 Å². The van der Waals surface area contributed by atoms with Crippen LogP contribution in [0.2, 0.25) is 0 Å². The minimum atomic E-state index is -0.234. The monoisotopic (exact) mass is 320 g/mol. The van der Waals surface area contributed by atoms with E-state index in [0.29, 0.717) is 6.54 Å². The van der Waals surface area contributed by atoms with Gasteiger partial charge in [-0.25, -0.2) is 4.39 Å². The molecule has 1 N–H and O–H groups in total. The number of hydrogen-bond acceptors (Lipinski definition) is 2. The zero-order chi connectivity index (χ0) is 16.9. The normalized spacial score (nSPS) is 12.1. The number of hydrogen-bond donors (Lipinski definition) is 1. The highest BCUT2D eigenvalue weighted by Crippen LogP contribution is 2.23. The second-order valence-electron chi connectivity index (χ2n) is 5.99. The number of rotatable bonds is 5.